The maximum Gasteiger partial charge on any atom is 0.270 e. The fourth-order valence-corrected chi connectivity index (χ4v) is 4.29. The molecule has 3 aromatic heterocycles. The number of rotatable bonds is 4. The molecule has 0 aliphatic carbocycles. The molecule has 0 aliphatic heterocycles. The summed E-state index contributed by atoms with van der Waals surface area (Å²) in [6, 6.07) is 11.4. The summed E-state index contributed by atoms with van der Waals surface area (Å²) >= 11 is 13.8. The normalized spacial score (nSPS) is 11.3. The highest BCUT2D eigenvalue weighted by Gasteiger charge is 2.18. The molecule has 0 saturated carbocycles. The zero-order valence-corrected chi connectivity index (χ0v) is 16.3. The van der Waals surface area contributed by atoms with Crippen LogP contribution in [-0.2, 0) is 13.0 Å². The molecule has 0 spiro atoms. The van der Waals surface area contributed by atoms with Gasteiger partial charge < -0.3 is 5.32 Å². The molecule has 7 heteroatoms. The lowest BCUT2D eigenvalue weighted by Gasteiger charge is -2.06. The molecule has 0 saturated heterocycles. The highest BCUT2D eigenvalue weighted by Crippen LogP contribution is 2.28. The van der Waals surface area contributed by atoms with Crippen molar-refractivity contribution in [1.82, 2.24) is 14.7 Å². The first-order valence-corrected chi connectivity index (χ1v) is 9.75. The van der Waals surface area contributed by atoms with E-state index in [-0.39, 0.29) is 5.91 Å². The van der Waals surface area contributed by atoms with Gasteiger partial charge >= 0.3 is 0 Å². The third-order valence-electron chi connectivity index (χ3n) is 4.16. The van der Waals surface area contributed by atoms with Gasteiger partial charge in [0.25, 0.3) is 5.91 Å². The van der Waals surface area contributed by atoms with E-state index in [0.717, 1.165) is 20.7 Å². The van der Waals surface area contributed by atoms with E-state index in [9.17, 15) is 4.79 Å². The summed E-state index contributed by atoms with van der Waals surface area (Å²) in [6.07, 6.45) is 2.39. The Bertz CT molecular complexity index is 1130. The average molecular weight is 404 g/mol. The number of hydrogen-bond acceptors (Lipinski definition) is 3. The molecule has 0 atom stereocenters. The van der Waals surface area contributed by atoms with Crippen LogP contribution < -0.4 is 5.32 Å². The molecule has 4 rings (SSSR count). The first-order chi connectivity index (χ1) is 12.5. The van der Waals surface area contributed by atoms with Crippen LogP contribution in [0.5, 0.6) is 0 Å². The van der Waals surface area contributed by atoms with Gasteiger partial charge in [0.15, 0.2) is 0 Å². The molecular weight excluding hydrogens is 389 g/mol. The van der Waals surface area contributed by atoms with Crippen molar-refractivity contribution in [3.8, 4) is 0 Å². The molecule has 26 heavy (non-hydrogen) atoms. The van der Waals surface area contributed by atoms with Crippen molar-refractivity contribution in [1.29, 1.82) is 0 Å². The first kappa shape index (κ1) is 17.3. The number of aromatic nitrogens is 2. The average Bonchev–Trinajstić information content (AvgIpc) is 3.19. The molecule has 1 amide bonds. The van der Waals surface area contributed by atoms with Gasteiger partial charge in [0.2, 0.25) is 0 Å². The highest BCUT2D eigenvalue weighted by atomic mass is 35.5. The Hall–Kier alpha value is -2.08. The number of hydrogen-bond donors (Lipinski definition) is 1. The van der Waals surface area contributed by atoms with Gasteiger partial charge in [-0.05, 0) is 48.2 Å². The summed E-state index contributed by atoms with van der Waals surface area (Å²) in [5.41, 5.74) is 2.01. The number of thiophene rings is 1. The van der Waals surface area contributed by atoms with E-state index in [0.29, 0.717) is 34.4 Å². The summed E-state index contributed by atoms with van der Waals surface area (Å²) in [7, 11) is 0. The number of benzene rings is 1. The molecule has 3 heterocycles. The molecule has 0 aliphatic rings. The monoisotopic (exact) mass is 403 g/mol. The van der Waals surface area contributed by atoms with Crippen molar-refractivity contribution in [2.45, 2.75) is 19.9 Å². The number of amides is 1. The fourth-order valence-electron chi connectivity index (χ4n) is 2.96. The predicted octanol–water partition coefficient (Wildman–Crippen LogP) is 5.35. The number of fused-ring (bicyclic) bond motifs is 2. The Balaban J connectivity index is 1.61. The van der Waals surface area contributed by atoms with E-state index < -0.39 is 0 Å². The second kappa shape index (κ2) is 6.91. The second-order valence-corrected chi connectivity index (χ2v) is 7.95. The van der Waals surface area contributed by atoms with Crippen LogP contribution in [0.1, 0.15) is 28.0 Å². The highest BCUT2D eigenvalue weighted by molar-refractivity contribution is 7.19. The van der Waals surface area contributed by atoms with Gasteiger partial charge in [0.05, 0.1) is 17.3 Å². The fraction of sp³-hybridized carbons (Fsp3) is 0.158. The molecule has 0 fully saturated rings. The summed E-state index contributed by atoms with van der Waals surface area (Å²) in [4.78, 5) is 18.4. The number of imidazole rings is 1. The van der Waals surface area contributed by atoms with Gasteiger partial charge in [0.1, 0.15) is 11.3 Å². The molecular formula is C19H15Cl2N3OS. The molecule has 4 aromatic rings. The lowest BCUT2D eigenvalue weighted by Crippen LogP contribution is -2.25. The molecule has 132 valence electrons. The van der Waals surface area contributed by atoms with Crippen LogP contribution in [-0.4, -0.2) is 15.3 Å². The molecule has 1 aromatic carbocycles. The van der Waals surface area contributed by atoms with Crippen molar-refractivity contribution in [2.75, 3.05) is 0 Å². The Morgan fingerprint density at radius 1 is 1.19 bits per heavy atom. The SMILES string of the molecule is CCc1nc2ccc(Cl)cn2c1C(=O)NCc1cc2cc(Cl)ccc2s1. The summed E-state index contributed by atoms with van der Waals surface area (Å²) < 4.78 is 2.90. The maximum absolute atomic E-state index is 12.8. The summed E-state index contributed by atoms with van der Waals surface area (Å²) in [5.74, 6) is -0.160. The van der Waals surface area contributed by atoms with Crippen molar-refractivity contribution in [3.63, 3.8) is 0 Å². The second-order valence-electron chi connectivity index (χ2n) is 5.91. The first-order valence-electron chi connectivity index (χ1n) is 8.18. The Kier molecular flexibility index (Phi) is 4.61. The smallest absolute Gasteiger partial charge is 0.270 e. The van der Waals surface area contributed by atoms with Crippen molar-refractivity contribution in [2.24, 2.45) is 0 Å². The van der Waals surface area contributed by atoms with Crippen molar-refractivity contribution in [3.05, 3.63) is 68.9 Å². The topological polar surface area (TPSA) is 46.4 Å². The van der Waals surface area contributed by atoms with Crippen LogP contribution in [0, 0.1) is 0 Å². The number of nitrogens with zero attached hydrogens (tertiary/aromatic N) is 2. The molecule has 0 bridgehead atoms. The van der Waals surface area contributed by atoms with E-state index in [4.69, 9.17) is 23.2 Å². The number of halogens is 2. The minimum Gasteiger partial charge on any atom is -0.346 e. The van der Waals surface area contributed by atoms with Crippen LogP contribution in [0.15, 0.2) is 42.6 Å². The summed E-state index contributed by atoms with van der Waals surface area (Å²) in [5, 5.41) is 5.36. The molecule has 0 radical (unpaired) electrons. The van der Waals surface area contributed by atoms with Crippen LogP contribution in [0.2, 0.25) is 10.0 Å². The minimum atomic E-state index is -0.160. The quantitative estimate of drug-likeness (QED) is 0.499. The van der Waals surface area contributed by atoms with Gasteiger partial charge in [-0.1, -0.05) is 30.1 Å². The zero-order chi connectivity index (χ0) is 18.3. The maximum atomic E-state index is 12.8. The summed E-state index contributed by atoms with van der Waals surface area (Å²) in [6.45, 7) is 2.43. The van der Waals surface area contributed by atoms with E-state index in [1.165, 1.54) is 0 Å². The molecule has 4 nitrogen and oxygen atoms in total. The van der Waals surface area contributed by atoms with Gasteiger partial charge in [0, 0.05) is 20.8 Å². The number of pyridine rings is 1. The lowest BCUT2D eigenvalue weighted by atomic mass is 10.2. The Labute approximate surface area is 164 Å². The standard InChI is InChI=1S/C19H15Cl2N3OS/c1-2-15-18(24-10-13(21)4-6-17(24)23-15)19(25)22-9-14-8-11-7-12(20)3-5-16(11)26-14/h3-8,10H,2,9H2,1H3,(H,22,25). The predicted molar refractivity (Wildman–Crippen MR) is 108 cm³/mol. The largest absolute Gasteiger partial charge is 0.346 e. The number of nitrogens with one attached hydrogen (secondary N) is 1. The Morgan fingerprint density at radius 2 is 2.00 bits per heavy atom. The number of carbonyl (C=O) groups excluding carboxylic acids is 1. The van der Waals surface area contributed by atoms with E-state index >= 15 is 0 Å². The van der Waals surface area contributed by atoms with Gasteiger partial charge in [-0.15, -0.1) is 11.3 Å². The number of carbonyl (C=O) groups is 1. The third-order valence-corrected chi connectivity index (χ3v) is 5.73. The van der Waals surface area contributed by atoms with Crippen LogP contribution in [0.25, 0.3) is 15.7 Å². The third kappa shape index (κ3) is 3.18. The van der Waals surface area contributed by atoms with E-state index in [1.54, 1.807) is 28.0 Å². The number of aryl methyl sites for hydroxylation is 1. The van der Waals surface area contributed by atoms with Gasteiger partial charge in [-0.3, -0.25) is 9.20 Å². The van der Waals surface area contributed by atoms with Crippen molar-refractivity contribution >= 4 is 56.2 Å². The minimum absolute atomic E-state index is 0.160. The van der Waals surface area contributed by atoms with Crippen LogP contribution in [0.4, 0.5) is 0 Å². The lowest BCUT2D eigenvalue weighted by molar-refractivity contribution is 0.0944. The molecule has 0 unspecified atom stereocenters. The Morgan fingerprint density at radius 3 is 2.81 bits per heavy atom. The molecule has 1 N–H and O–H groups in total. The van der Waals surface area contributed by atoms with Crippen LogP contribution >= 0.6 is 34.5 Å². The van der Waals surface area contributed by atoms with Crippen molar-refractivity contribution < 1.29 is 4.79 Å². The van der Waals surface area contributed by atoms with E-state index in [1.807, 2.05) is 31.2 Å². The zero-order valence-electron chi connectivity index (χ0n) is 13.9. The van der Waals surface area contributed by atoms with Gasteiger partial charge in [-0.25, -0.2) is 4.98 Å². The van der Waals surface area contributed by atoms with Crippen LogP contribution in [0.3, 0.4) is 0 Å². The van der Waals surface area contributed by atoms with Gasteiger partial charge in [-0.2, -0.15) is 0 Å². The van der Waals surface area contributed by atoms with E-state index in [2.05, 4.69) is 16.4 Å².